The highest BCUT2D eigenvalue weighted by Crippen LogP contribution is 2.19. The molecule has 0 radical (unpaired) electrons. The third-order valence-electron chi connectivity index (χ3n) is 17.7. The van der Waals surface area contributed by atoms with E-state index in [9.17, 15) is 19.8 Å². The number of nitrogens with one attached hydrogen (secondary N) is 1. The molecule has 0 fully saturated rings. The van der Waals surface area contributed by atoms with Gasteiger partial charge in [0.1, 0.15) is 0 Å². The molecule has 486 valence electrons. The van der Waals surface area contributed by atoms with Crippen molar-refractivity contribution in [2.24, 2.45) is 0 Å². The highest BCUT2D eigenvalue weighted by molar-refractivity contribution is 5.76. The number of unbranched alkanes of at least 4 members (excludes halogenated alkanes) is 56. The van der Waals surface area contributed by atoms with E-state index in [1.54, 1.807) is 0 Å². The SMILES string of the molecule is CCCCCCC/C=C\CCCCCCCC(=O)OCCCCCCCCCCCCCC/C=C\CCCCCCCCCCCCC(=O)NC(CO)C(O)CCCCCCCCCCCCCCCCCCCCCCCCCCC. The normalized spacial score (nSPS) is 12.6. The number of carbonyl (C=O) groups is 2. The molecule has 0 aliphatic carbocycles. The predicted octanol–water partition coefficient (Wildman–Crippen LogP) is 24.5. The molecule has 0 bridgehead atoms. The first-order valence-electron chi connectivity index (χ1n) is 37.6. The van der Waals surface area contributed by atoms with Gasteiger partial charge in [0.25, 0.3) is 0 Å². The summed E-state index contributed by atoms with van der Waals surface area (Å²) in [6, 6.07) is -0.544. The molecule has 0 saturated carbocycles. The zero-order valence-corrected chi connectivity index (χ0v) is 55.8. The van der Waals surface area contributed by atoms with E-state index < -0.39 is 12.1 Å². The minimum atomic E-state index is -0.667. The van der Waals surface area contributed by atoms with Gasteiger partial charge in [0.15, 0.2) is 0 Å². The maximum atomic E-state index is 12.6. The Hall–Kier alpha value is -1.66. The summed E-state index contributed by atoms with van der Waals surface area (Å²) in [6.45, 7) is 4.98. The van der Waals surface area contributed by atoms with Crippen molar-refractivity contribution in [2.45, 2.75) is 437 Å². The van der Waals surface area contributed by atoms with E-state index in [-0.39, 0.29) is 18.5 Å². The molecule has 0 aliphatic rings. The van der Waals surface area contributed by atoms with E-state index >= 15 is 0 Å². The summed E-state index contributed by atoms with van der Waals surface area (Å²) in [6.07, 6.45) is 91.0. The van der Waals surface area contributed by atoms with Crippen LogP contribution in [0.1, 0.15) is 425 Å². The molecule has 1 amide bonds. The Morgan fingerprint density at radius 3 is 0.866 bits per heavy atom. The molecule has 82 heavy (non-hydrogen) atoms. The summed E-state index contributed by atoms with van der Waals surface area (Å²) >= 11 is 0. The zero-order valence-electron chi connectivity index (χ0n) is 55.8. The maximum absolute atomic E-state index is 12.6. The fourth-order valence-corrected chi connectivity index (χ4v) is 12.0. The summed E-state index contributed by atoms with van der Waals surface area (Å²) in [5, 5.41) is 23.5. The molecule has 0 aromatic heterocycles. The van der Waals surface area contributed by atoms with Crippen molar-refractivity contribution in [3.05, 3.63) is 24.3 Å². The van der Waals surface area contributed by atoms with Gasteiger partial charge in [-0.15, -0.1) is 0 Å². The maximum Gasteiger partial charge on any atom is 0.305 e. The number of hydrogen-bond donors (Lipinski definition) is 3. The molecule has 0 heterocycles. The van der Waals surface area contributed by atoms with E-state index in [0.29, 0.717) is 25.9 Å². The van der Waals surface area contributed by atoms with Gasteiger partial charge in [-0.25, -0.2) is 0 Å². The quantitative estimate of drug-likeness (QED) is 0.0320. The number of ether oxygens (including phenoxy) is 1. The van der Waals surface area contributed by atoms with Crippen molar-refractivity contribution in [1.82, 2.24) is 5.32 Å². The molecule has 0 aromatic carbocycles. The Kier molecular flexibility index (Phi) is 70.4. The minimum Gasteiger partial charge on any atom is -0.466 e. The van der Waals surface area contributed by atoms with Crippen molar-refractivity contribution in [1.29, 1.82) is 0 Å². The fraction of sp³-hybridized carbons (Fsp3) is 0.921. The van der Waals surface area contributed by atoms with Crippen molar-refractivity contribution in [3.63, 3.8) is 0 Å². The van der Waals surface area contributed by atoms with Crippen LogP contribution in [0.3, 0.4) is 0 Å². The van der Waals surface area contributed by atoms with Gasteiger partial charge in [-0.2, -0.15) is 0 Å². The molecule has 0 aromatic rings. The van der Waals surface area contributed by atoms with Crippen LogP contribution in [0.25, 0.3) is 0 Å². The van der Waals surface area contributed by atoms with Crippen molar-refractivity contribution < 1.29 is 24.5 Å². The van der Waals surface area contributed by atoms with Crippen LogP contribution in [0.4, 0.5) is 0 Å². The Morgan fingerprint density at radius 1 is 0.329 bits per heavy atom. The number of allylic oxidation sites excluding steroid dienone is 4. The summed E-state index contributed by atoms with van der Waals surface area (Å²) in [4.78, 5) is 24.6. The third-order valence-corrected chi connectivity index (χ3v) is 17.7. The van der Waals surface area contributed by atoms with Crippen LogP contribution in [-0.2, 0) is 14.3 Å². The summed E-state index contributed by atoms with van der Waals surface area (Å²) in [7, 11) is 0. The predicted molar refractivity (Wildman–Crippen MR) is 361 cm³/mol. The van der Waals surface area contributed by atoms with Gasteiger partial charge in [0, 0.05) is 12.8 Å². The second-order valence-electron chi connectivity index (χ2n) is 26.0. The summed E-state index contributed by atoms with van der Waals surface area (Å²) in [5.74, 6) is -0.0248. The second kappa shape index (κ2) is 71.8. The van der Waals surface area contributed by atoms with E-state index in [1.165, 1.54) is 347 Å². The average Bonchev–Trinajstić information content (AvgIpc) is 3.48. The molecule has 6 heteroatoms. The smallest absolute Gasteiger partial charge is 0.305 e. The highest BCUT2D eigenvalue weighted by atomic mass is 16.5. The molecule has 2 atom stereocenters. The van der Waals surface area contributed by atoms with Crippen molar-refractivity contribution >= 4 is 11.9 Å². The first-order valence-corrected chi connectivity index (χ1v) is 37.6. The van der Waals surface area contributed by atoms with E-state index in [2.05, 4.69) is 43.5 Å². The van der Waals surface area contributed by atoms with Gasteiger partial charge in [0.05, 0.1) is 25.4 Å². The molecule has 0 rings (SSSR count). The number of carbonyl (C=O) groups excluding carboxylic acids is 2. The van der Waals surface area contributed by atoms with E-state index in [0.717, 1.165) is 44.9 Å². The molecule has 0 saturated heterocycles. The molecular formula is C76H147NO5. The summed E-state index contributed by atoms with van der Waals surface area (Å²) < 4.78 is 5.49. The van der Waals surface area contributed by atoms with Gasteiger partial charge >= 0.3 is 5.97 Å². The van der Waals surface area contributed by atoms with Gasteiger partial charge in [-0.3, -0.25) is 9.59 Å². The van der Waals surface area contributed by atoms with Crippen molar-refractivity contribution in [2.75, 3.05) is 13.2 Å². The number of esters is 1. The van der Waals surface area contributed by atoms with Crippen LogP contribution in [0.5, 0.6) is 0 Å². The van der Waals surface area contributed by atoms with Crippen LogP contribution in [0.2, 0.25) is 0 Å². The minimum absolute atomic E-state index is 0.00678. The van der Waals surface area contributed by atoms with Gasteiger partial charge in [-0.05, 0) is 77.0 Å². The molecule has 2 unspecified atom stereocenters. The van der Waals surface area contributed by atoms with E-state index in [4.69, 9.17) is 4.74 Å². The monoisotopic (exact) mass is 1150 g/mol. The van der Waals surface area contributed by atoms with Crippen LogP contribution in [0, 0.1) is 0 Å². The Morgan fingerprint density at radius 2 is 0.573 bits per heavy atom. The van der Waals surface area contributed by atoms with Crippen molar-refractivity contribution in [3.8, 4) is 0 Å². The largest absolute Gasteiger partial charge is 0.466 e. The lowest BCUT2D eigenvalue weighted by Gasteiger charge is -2.22. The van der Waals surface area contributed by atoms with Crippen LogP contribution in [0.15, 0.2) is 24.3 Å². The summed E-state index contributed by atoms with van der Waals surface area (Å²) in [5.41, 5.74) is 0. The first-order chi connectivity index (χ1) is 40.5. The molecule has 0 spiro atoms. The lowest BCUT2D eigenvalue weighted by molar-refractivity contribution is -0.143. The van der Waals surface area contributed by atoms with Gasteiger partial charge in [0.2, 0.25) is 5.91 Å². The number of amides is 1. The number of hydrogen-bond acceptors (Lipinski definition) is 5. The van der Waals surface area contributed by atoms with E-state index in [1.807, 2.05) is 0 Å². The van der Waals surface area contributed by atoms with Gasteiger partial charge < -0.3 is 20.3 Å². The highest BCUT2D eigenvalue weighted by Gasteiger charge is 2.20. The Balaban J connectivity index is 3.39. The number of rotatable bonds is 71. The first kappa shape index (κ1) is 80.3. The van der Waals surface area contributed by atoms with Crippen LogP contribution >= 0.6 is 0 Å². The topological polar surface area (TPSA) is 95.9 Å². The average molecular weight is 1160 g/mol. The third kappa shape index (κ3) is 67.5. The Bertz CT molecular complexity index is 1280. The fourth-order valence-electron chi connectivity index (χ4n) is 12.0. The van der Waals surface area contributed by atoms with Crippen LogP contribution < -0.4 is 5.32 Å². The second-order valence-corrected chi connectivity index (χ2v) is 26.0. The van der Waals surface area contributed by atoms with Gasteiger partial charge in [-0.1, -0.05) is 359 Å². The molecule has 3 N–H and O–H groups in total. The standard InChI is InChI=1S/C76H147NO5/c1-3-5-7-9-11-13-15-17-19-20-21-22-23-26-29-32-35-38-41-44-48-52-56-60-64-68-74(79)73(72-78)77-75(80)69-65-61-57-53-49-45-42-39-36-33-30-27-24-25-28-31-34-37-40-43-47-51-55-59-63-67-71-82-76(81)70-66-62-58-54-50-46-18-16-14-12-10-8-6-4-2/h16,18,24,27,73-74,78-79H,3-15,17,19-23,25-26,28-72H2,1-2H3,(H,77,80)/b18-16-,27-24-. The molecular weight excluding hydrogens is 1010 g/mol. The molecule has 6 nitrogen and oxygen atoms in total. The lowest BCUT2D eigenvalue weighted by Crippen LogP contribution is -2.45. The lowest BCUT2D eigenvalue weighted by atomic mass is 10.0. The zero-order chi connectivity index (χ0) is 59.2. The number of aliphatic hydroxyl groups is 2. The Labute approximate surface area is 513 Å². The molecule has 0 aliphatic heterocycles. The van der Waals surface area contributed by atoms with Crippen LogP contribution in [-0.4, -0.2) is 47.4 Å². The number of aliphatic hydroxyl groups excluding tert-OH is 2.